The van der Waals surface area contributed by atoms with Crippen LogP contribution in [0.4, 0.5) is 0 Å². The van der Waals surface area contributed by atoms with E-state index in [0.29, 0.717) is 17.5 Å². The normalized spacial score (nSPS) is 13.0. The largest absolute Gasteiger partial charge is 0.456 e. The molecule has 50 heavy (non-hydrogen) atoms. The Labute approximate surface area is 289 Å². The quantitative estimate of drug-likeness (QED) is 0.188. The number of aromatic nitrogens is 3. The van der Waals surface area contributed by atoms with E-state index in [4.69, 9.17) is 19.4 Å². The van der Waals surface area contributed by atoms with Gasteiger partial charge in [-0.3, -0.25) is 0 Å². The third kappa shape index (κ3) is 4.28. The van der Waals surface area contributed by atoms with Gasteiger partial charge in [0.1, 0.15) is 11.2 Å². The third-order valence-corrected chi connectivity index (χ3v) is 10.0. The Morgan fingerprint density at radius 3 is 1.42 bits per heavy atom. The summed E-state index contributed by atoms with van der Waals surface area (Å²) >= 11 is 0. The molecule has 4 heteroatoms. The zero-order valence-corrected chi connectivity index (χ0v) is 27.0. The molecule has 0 unspecified atom stereocenters. The highest BCUT2D eigenvalue weighted by molar-refractivity contribution is 6.05. The van der Waals surface area contributed by atoms with Crippen molar-refractivity contribution in [2.75, 3.05) is 0 Å². The molecule has 1 aliphatic carbocycles. The maximum absolute atomic E-state index is 6.28. The molecule has 0 saturated heterocycles. The molecule has 9 aromatic rings. The summed E-state index contributed by atoms with van der Waals surface area (Å²) in [6, 6.07) is 61.6. The number of fused-ring (bicyclic) bond motifs is 6. The molecule has 0 amide bonds. The molecule has 4 nitrogen and oxygen atoms in total. The number of hydrogen-bond donors (Lipinski definition) is 0. The Morgan fingerprint density at radius 1 is 0.360 bits per heavy atom. The molecule has 0 fully saturated rings. The van der Waals surface area contributed by atoms with Crippen LogP contribution in [0.5, 0.6) is 0 Å². The lowest BCUT2D eigenvalue weighted by molar-refractivity contribution is 0.668. The maximum Gasteiger partial charge on any atom is 0.164 e. The minimum absolute atomic E-state index is 0.554. The van der Waals surface area contributed by atoms with E-state index in [1.54, 1.807) is 0 Å². The third-order valence-electron chi connectivity index (χ3n) is 10.0. The van der Waals surface area contributed by atoms with E-state index < -0.39 is 5.41 Å². The summed E-state index contributed by atoms with van der Waals surface area (Å²) in [5.74, 6) is 1.93. The summed E-state index contributed by atoms with van der Waals surface area (Å²) in [4.78, 5) is 14.9. The average Bonchev–Trinajstić information content (AvgIpc) is 3.72. The number of benzene rings is 7. The molecule has 2 heterocycles. The van der Waals surface area contributed by atoms with Crippen LogP contribution in [-0.4, -0.2) is 15.0 Å². The van der Waals surface area contributed by atoms with Gasteiger partial charge in [0.25, 0.3) is 0 Å². The lowest BCUT2D eigenvalue weighted by atomic mass is 9.67. The van der Waals surface area contributed by atoms with Crippen LogP contribution in [0.1, 0.15) is 22.3 Å². The molecular weight excluding hydrogens is 611 g/mol. The highest BCUT2D eigenvalue weighted by atomic mass is 16.3. The predicted octanol–water partition coefficient (Wildman–Crippen LogP) is 11.1. The van der Waals surface area contributed by atoms with Gasteiger partial charge in [-0.15, -0.1) is 0 Å². The van der Waals surface area contributed by atoms with E-state index in [9.17, 15) is 0 Å². The topological polar surface area (TPSA) is 51.8 Å². The number of hydrogen-bond acceptors (Lipinski definition) is 4. The Kier molecular flexibility index (Phi) is 6.36. The van der Waals surface area contributed by atoms with Crippen molar-refractivity contribution in [3.63, 3.8) is 0 Å². The summed E-state index contributed by atoms with van der Waals surface area (Å²) in [7, 11) is 0. The molecule has 1 aliphatic rings. The molecule has 0 aliphatic heterocycles. The Hall–Kier alpha value is -6.65. The molecular formula is C46H29N3O. The lowest BCUT2D eigenvalue weighted by Gasteiger charge is -2.34. The second kappa shape index (κ2) is 11.2. The van der Waals surface area contributed by atoms with Crippen LogP contribution in [-0.2, 0) is 5.41 Å². The molecule has 0 atom stereocenters. The first-order valence-corrected chi connectivity index (χ1v) is 16.9. The van der Waals surface area contributed by atoms with Crippen molar-refractivity contribution in [1.82, 2.24) is 15.0 Å². The first kappa shape index (κ1) is 28.4. The van der Waals surface area contributed by atoms with Gasteiger partial charge in [-0.2, -0.15) is 0 Å². The second-order valence-corrected chi connectivity index (χ2v) is 12.8. The average molecular weight is 640 g/mol. The fourth-order valence-electron chi connectivity index (χ4n) is 7.79. The molecule has 0 bridgehead atoms. The highest BCUT2D eigenvalue weighted by Crippen LogP contribution is 2.56. The Morgan fingerprint density at radius 2 is 0.820 bits per heavy atom. The summed E-state index contributed by atoms with van der Waals surface area (Å²) in [5.41, 5.74) is 11.5. The minimum Gasteiger partial charge on any atom is -0.456 e. The summed E-state index contributed by atoms with van der Waals surface area (Å²) < 4.78 is 6.28. The van der Waals surface area contributed by atoms with Crippen molar-refractivity contribution >= 4 is 21.9 Å². The van der Waals surface area contributed by atoms with Crippen molar-refractivity contribution < 1.29 is 4.42 Å². The standard InChI is InChI=1S/C46H29N3O/c1-3-13-30(14-4-1)43-47-44(31-15-5-2-6-16-31)49-45(48-43)32-23-25-33(26-24-32)46(39-20-10-7-17-35(39)36-18-8-11-21-40(36)46)34-27-28-42-38(29-34)37-19-9-12-22-41(37)50-42/h1-29H. The van der Waals surface area contributed by atoms with Gasteiger partial charge < -0.3 is 4.42 Å². The summed E-state index contributed by atoms with van der Waals surface area (Å²) in [5, 5.41) is 2.23. The summed E-state index contributed by atoms with van der Waals surface area (Å²) in [6.45, 7) is 0. The van der Waals surface area contributed by atoms with Crippen LogP contribution >= 0.6 is 0 Å². The van der Waals surface area contributed by atoms with Crippen molar-refractivity contribution in [2.24, 2.45) is 0 Å². The van der Waals surface area contributed by atoms with Crippen molar-refractivity contribution in [2.45, 2.75) is 5.41 Å². The molecule has 10 rings (SSSR count). The Bertz CT molecular complexity index is 2590. The van der Waals surface area contributed by atoms with E-state index in [2.05, 4.69) is 103 Å². The number of furan rings is 1. The number of nitrogens with zero attached hydrogens (tertiary/aromatic N) is 3. The van der Waals surface area contributed by atoms with Gasteiger partial charge in [-0.25, -0.2) is 15.0 Å². The second-order valence-electron chi connectivity index (χ2n) is 12.8. The Balaban J connectivity index is 1.19. The van der Waals surface area contributed by atoms with Crippen LogP contribution in [0.2, 0.25) is 0 Å². The van der Waals surface area contributed by atoms with Crippen LogP contribution < -0.4 is 0 Å². The van der Waals surface area contributed by atoms with Crippen LogP contribution in [0.3, 0.4) is 0 Å². The lowest BCUT2D eigenvalue weighted by Crippen LogP contribution is -2.28. The van der Waals surface area contributed by atoms with Gasteiger partial charge in [-0.1, -0.05) is 158 Å². The molecule has 0 saturated carbocycles. The van der Waals surface area contributed by atoms with Gasteiger partial charge in [0, 0.05) is 27.5 Å². The van der Waals surface area contributed by atoms with Gasteiger partial charge in [-0.05, 0) is 51.6 Å². The van der Waals surface area contributed by atoms with E-state index in [0.717, 1.165) is 38.6 Å². The van der Waals surface area contributed by atoms with Crippen molar-refractivity contribution in [3.8, 4) is 45.3 Å². The molecule has 234 valence electrons. The van der Waals surface area contributed by atoms with Gasteiger partial charge >= 0.3 is 0 Å². The van der Waals surface area contributed by atoms with Crippen molar-refractivity contribution in [3.05, 3.63) is 198 Å². The van der Waals surface area contributed by atoms with E-state index >= 15 is 0 Å². The van der Waals surface area contributed by atoms with E-state index in [1.165, 1.54) is 33.4 Å². The van der Waals surface area contributed by atoms with E-state index in [1.807, 2.05) is 72.8 Å². The number of para-hydroxylation sites is 1. The van der Waals surface area contributed by atoms with Gasteiger partial charge in [0.05, 0.1) is 5.41 Å². The minimum atomic E-state index is -0.554. The number of rotatable bonds is 5. The molecule has 7 aromatic carbocycles. The zero-order chi connectivity index (χ0) is 33.1. The maximum atomic E-state index is 6.28. The predicted molar refractivity (Wildman–Crippen MR) is 201 cm³/mol. The summed E-state index contributed by atoms with van der Waals surface area (Å²) in [6.07, 6.45) is 0. The van der Waals surface area contributed by atoms with Gasteiger partial charge in [0.2, 0.25) is 0 Å². The van der Waals surface area contributed by atoms with E-state index in [-0.39, 0.29) is 0 Å². The molecule has 0 radical (unpaired) electrons. The SMILES string of the molecule is c1ccc(-c2nc(-c3ccccc3)nc(-c3ccc(C4(c5ccc6oc7ccccc7c6c5)c5ccccc5-c5ccccc54)cc3)n2)cc1. The first-order valence-electron chi connectivity index (χ1n) is 16.9. The first-order chi connectivity index (χ1) is 24.8. The fraction of sp³-hybridized carbons (Fsp3) is 0.0217. The van der Waals surface area contributed by atoms with Crippen LogP contribution in [0, 0.1) is 0 Å². The fourth-order valence-corrected chi connectivity index (χ4v) is 7.79. The monoisotopic (exact) mass is 639 g/mol. The van der Waals surface area contributed by atoms with Crippen LogP contribution in [0.25, 0.3) is 67.2 Å². The highest BCUT2D eigenvalue weighted by Gasteiger charge is 2.46. The molecule has 0 N–H and O–H groups in total. The van der Waals surface area contributed by atoms with Crippen LogP contribution in [0.15, 0.2) is 180 Å². The molecule has 0 spiro atoms. The zero-order valence-electron chi connectivity index (χ0n) is 27.0. The van der Waals surface area contributed by atoms with Gasteiger partial charge in [0.15, 0.2) is 17.5 Å². The van der Waals surface area contributed by atoms with Crippen molar-refractivity contribution in [1.29, 1.82) is 0 Å². The molecule has 2 aromatic heterocycles. The smallest absolute Gasteiger partial charge is 0.164 e.